The quantitative estimate of drug-likeness (QED) is 0.144. The maximum Gasteiger partial charge on any atom is 0.119 e. The summed E-state index contributed by atoms with van der Waals surface area (Å²) < 4.78 is 11.7. The topological polar surface area (TPSA) is 30.8 Å². The van der Waals surface area contributed by atoms with Crippen LogP contribution in [-0.2, 0) is 0 Å². The lowest BCUT2D eigenvalue weighted by atomic mass is 10.1. The van der Waals surface area contributed by atoms with Gasteiger partial charge in [-0.15, -0.1) is 0 Å². The van der Waals surface area contributed by atoms with Gasteiger partial charge in [-0.2, -0.15) is 0 Å². The molecule has 0 amide bonds. The van der Waals surface area contributed by atoms with Gasteiger partial charge in [-0.05, 0) is 66.9 Å². The molecule has 0 saturated heterocycles. The predicted octanol–water partition coefficient (Wildman–Crippen LogP) is 9.70. The van der Waals surface area contributed by atoms with E-state index in [2.05, 4.69) is 18.8 Å². The van der Waals surface area contributed by atoms with Gasteiger partial charge < -0.3 is 9.47 Å². The summed E-state index contributed by atoms with van der Waals surface area (Å²) in [6.07, 6.45) is 20.3. The first-order valence-corrected chi connectivity index (χ1v) is 13.8. The smallest absolute Gasteiger partial charge is 0.119 e. The molecule has 0 unspecified atom stereocenters. The molecule has 0 radical (unpaired) electrons. The lowest BCUT2D eigenvalue weighted by Crippen LogP contribution is -1.97. The van der Waals surface area contributed by atoms with E-state index in [0.29, 0.717) is 0 Å². The first-order valence-electron chi connectivity index (χ1n) is 13.8. The molecule has 2 aromatic carbocycles. The summed E-state index contributed by atoms with van der Waals surface area (Å²) in [6.45, 7) is 6.07. The van der Waals surface area contributed by atoms with E-state index >= 15 is 0 Å². The monoisotopic (exact) mass is 465 g/mol. The second-order valence-corrected chi connectivity index (χ2v) is 9.26. The predicted molar refractivity (Wildman–Crippen MR) is 147 cm³/mol. The van der Waals surface area contributed by atoms with Crippen molar-refractivity contribution in [2.24, 2.45) is 4.99 Å². The maximum absolute atomic E-state index is 5.90. The Morgan fingerprint density at radius 2 is 0.941 bits per heavy atom. The summed E-state index contributed by atoms with van der Waals surface area (Å²) in [4.78, 5) is 4.58. The van der Waals surface area contributed by atoms with Crippen LogP contribution >= 0.6 is 0 Å². The number of nitrogens with zero attached hydrogens (tertiary/aromatic N) is 1. The fourth-order valence-electron chi connectivity index (χ4n) is 3.93. The van der Waals surface area contributed by atoms with E-state index in [0.717, 1.165) is 48.8 Å². The minimum absolute atomic E-state index is 0.787. The summed E-state index contributed by atoms with van der Waals surface area (Å²) in [5.41, 5.74) is 2.00. The van der Waals surface area contributed by atoms with E-state index in [4.69, 9.17) is 9.47 Å². The van der Waals surface area contributed by atoms with Gasteiger partial charge in [0.1, 0.15) is 11.5 Å². The van der Waals surface area contributed by atoms with Crippen LogP contribution in [0.15, 0.2) is 53.5 Å². The number of benzene rings is 2. The van der Waals surface area contributed by atoms with Gasteiger partial charge in [0.05, 0.1) is 18.9 Å². The number of aliphatic imine (C=N–C) groups is 1. The van der Waals surface area contributed by atoms with Crippen molar-refractivity contribution in [1.29, 1.82) is 0 Å². The third kappa shape index (κ3) is 13.4. The van der Waals surface area contributed by atoms with E-state index in [1.165, 1.54) is 77.0 Å². The molecule has 0 fully saturated rings. The van der Waals surface area contributed by atoms with Crippen molar-refractivity contribution in [3.05, 3.63) is 54.1 Å². The van der Waals surface area contributed by atoms with Crippen molar-refractivity contribution in [3.63, 3.8) is 0 Å². The van der Waals surface area contributed by atoms with Crippen LogP contribution in [0.2, 0.25) is 0 Å². The van der Waals surface area contributed by atoms with E-state index in [-0.39, 0.29) is 0 Å². The van der Waals surface area contributed by atoms with Crippen LogP contribution in [0.25, 0.3) is 0 Å². The first-order chi connectivity index (χ1) is 16.8. The van der Waals surface area contributed by atoms with Crippen molar-refractivity contribution < 1.29 is 9.47 Å². The Labute approximate surface area is 209 Å². The van der Waals surface area contributed by atoms with Gasteiger partial charge >= 0.3 is 0 Å². The Bertz CT molecular complexity index is 752. The molecule has 0 aliphatic heterocycles. The standard InChI is InChI=1S/C31H47NO2/c1-3-5-7-8-9-10-11-12-13-14-16-26-34-31-23-19-29(20-24-31)32-27-28-17-21-30(22-18-28)33-25-15-6-4-2/h17-24,27H,3-16,25-26H2,1-2H3. The molecule has 0 atom stereocenters. The number of hydrogen-bond acceptors (Lipinski definition) is 3. The van der Waals surface area contributed by atoms with E-state index < -0.39 is 0 Å². The average molecular weight is 466 g/mol. The highest BCUT2D eigenvalue weighted by Crippen LogP contribution is 2.19. The molecule has 2 aromatic rings. The van der Waals surface area contributed by atoms with Crippen molar-refractivity contribution in [3.8, 4) is 11.5 Å². The summed E-state index contributed by atoms with van der Waals surface area (Å²) in [7, 11) is 0. The zero-order chi connectivity index (χ0) is 24.1. The van der Waals surface area contributed by atoms with Gasteiger partial charge in [0.25, 0.3) is 0 Å². The fraction of sp³-hybridized carbons (Fsp3) is 0.581. The van der Waals surface area contributed by atoms with Gasteiger partial charge in [-0.1, -0.05) is 90.9 Å². The summed E-state index contributed by atoms with van der Waals surface area (Å²) >= 11 is 0. The Hall–Kier alpha value is -2.29. The molecule has 0 aromatic heterocycles. The molecule has 0 bridgehead atoms. The van der Waals surface area contributed by atoms with Gasteiger partial charge in [-0.3, -0.25) is 4.99 Å². The number of unbranched alkanes of at least 4 members (excludes halogenated alkanes) is 12. The zero-order valence-corrected chi connectivity index (χ0v) is 21.8. The first kappa shape index (κ1) is 28.0. The van der Waals surface area contributed by atoms with Gasteiger partial charge in [0, 0.05) is 6.21 Å². The fourth-order valence-corrected chi connectivity index (χ4v) is 3.93. The molecule has 2 rings (SSSR count). The van der Waals surface area contributed by atoms with E-state index in [1.54, 1.807) is 0 Å². The number of rotatable bonds is 20. The van der Waals surface area contributed by atoms with E-state index in [1.807, 2.05) is 54.7 Å². The molecule has 0 N–H and O–H groups in total. The van der Waals surface area contributed by atoms with E-state index in [9.17, 15) is 0 Å². The molecular weight excluding hydrogens is 418 g/mol. The molecule has 34 heavy (non-hydrogen) atoms. The van der Waals surface area contributed by atoms with Crippen LogP contribution in [0.3, 0.4) is 0 Å². The van der Waals surface area contributed by atoms with Gasteiger partial charge in [-0.25, -0.2) is 0 Å². The van der Waals surface area contributed by atoms with Gasteiger partial charge in [0.2, 0.25) is 0 Å². The summed E-state index contributed by atoms with van der Waals surface area (Å²) in [6, 6.07) is 16.2. The Balaban J connectivity index is 1.55. The molecule has 0 saturated carbocycles. The van der Waals surface area contributed by atoms with Crippen molar-refractivity contribution in [2.45, 2.75) is 104 Å². The lowest BCUT2D eigenvalue weighted by molar-refractivity contribution is 0.304. The molecule has 3 heteroatoms. The average Bonchev–Trinajstić information content (AvgIpc) is 2.87. The minimum atomic E-state index is 0.787. The SMILES string of the molecule is CCCCCCCCCCCCCOc1ccc(N=Cc2ccc(OCCCCC)cc2)cc1. The number of hydrogen-bond donors (Lipinski definition) is 0. The van der Waals surface area contributed by atoms with Crippen LogP contribution in [0, 0.1) is 0 Å². The Kier molecular flexibility index (Phi) is 15.7. The van der Waals surface area contributed by atoms with Crippen LogP contribution < -0.4 is 9.47 Å². The molecule has 0 aliphatic carbocycles. The zero-order valence-electron chi connectivity index (χ0n) is 21.8. The lowest BCUT2D eigenvalue weighted by Gasteiger charge is -2.07. The number of ether oxygens (including phenoxy) is 2. The van der Waals surface area contributed by atoms with Crippen LogP contribution in [0.1, 0.15) is 109 Å². The Morgan fingerprint density at radius 3 is 1.47 bits per heavy atom. The molecule has 0 spiro atoms. The van der Waals surface area contributed by atoms with Crippen LogP contribution in [-0.4, -0.2) is 19.4 Å². The van der Waals surface area contributed by atoms with Crippen LogP contribution in [0.4, 0.5) is 5.69 Å². The van der Waals surface area contributed by atoms with Crippen molar-refractivity contribution in [1.82, 2.24) is 0 Å². The van der Waals surface area contributed by atoms with Gasteiger partial charge in [0.15, 0.2) is 0 Å². The molecular formula is C31H47NO2. The highest BCUT2D eigenvalue weighted by atomic mass is 16.5. The third-order valence-corrected chi connectivity index (χ3v) is 6.11. The third-order valence-electron chi connectivity index (χ3n) is 6.11. The molecule has 0 aliphatic rings. The minimum Gasteiger partial charge on any atom is -0.494 e. The Morgan fingerprint density at radius 1 is 0.529 bits per heavy atom. The second-order valence-electron chi connectivity index (χ2n) is 9.26. The summed E-state index contributed by atoms with van der Waals surface area (Å²) in [5, 5.41) is 0. The largest absolute Gasteiger partial charge is 0.494 e. The normalized spacial score (nSPS) is 11.2. The van der Waals surface area contributed by atoms with Crippen LogP contribution in [0.5, 0.6) is 11.5 Å². The molecule has 0 heterocycles. The maximum atomic E-state index is 5.90. The highest BCUT2D eigenvalue weighted by molar-refractivity contribution is 5.82. The summed E-state index contributed by atoms with van der Waals surface area (Å²) in [5.74, 6) is 1.85. The van der Waals surface area contributed by atoms with Crippen molar-refractivity contribution >= 4 is 11.9 Å². The van der Waals surface area contributed by atoms with Crippen molar-refractivity contribution in [2.75, 3.05) is 13.2 Å². The highest BCUT2D eigenvalue weighted by Gasteiger charge is 1.98. The molecule has 188 valence electrons. The second kappa shape index (κ2) is 19.1. The molecule has 3 nitrogen and oxygen atoms in total.